The van der Waals surface area contributed by atoms with E-state index in [1.54, 1.807) is 0 Å². The summed E-state index contributed by atoms with van der Waals surface area (Å²) in [4.78, 5) is 0. The Morgan fingerprint density at radius 2 is 1.85 bits per heavy atom. The molecule has 114 valence electrons. The van der Waals surface area contributed by atoms with Crippen molar-refractivity contribution in [3.63, 3.8) is 0 Å². The Bertz CT molecular complexity index is 392. The van der Waals surface area contributed by atoms with E-state index >= 15 is 0 Å². The highest BCUT2D eigenvalue weighted by Gasteiger charge is 2.17. The van der Waals surface area contributed by atoms with E-state index in [2.05, 4.69) is 46.0 Å². The van der Waals surface area contributed by atoms with Crippen molar-refractivity contribution in [3.8, 4) is 0 Å². The first-order valence-electron chi connectivity index (χ1n) is 7.52. The van der Waals surface area contributed by atoms with Crippen LogP contribution in [0.3, 0.4) is 0 Å². The number of rotatable bonds is 8. The number of hydrogen-bond acceptors (Lipinski definition) is 2. The molecule has 0 heterocycles. The first-order chi connectivity index (χ1) is 9.38. The zero-order chi connectivity index (χ0) is 15.1. The lowest BCUT2D eigenvalue weighted by atomic mass is 10.1. The molecule has 0 radical (unpaired) electrons. The molecular weight excluding hydrogens is 270 g/mol. The molecule has 1 N–H and O–H groups in total. The predicted molar refractivity (Wildman–Crippen MR) is 87.3 cm³/mol. The van der Waals surface area contributed by atoms with Crippen LogP contribution < -0.4 is 5.32 Å². The molecule has 1 rings (SSSR count). The van der Waals surface area contributed by atoms with Gasteiger partial charge in [0, 0.05) is 17.6 Å². The van der Waals surface area contributed by atoms with Crippen LogP contribution >= 0.6 is 11.6 Å². The van der Waals surface area contributed by atoms with E-state index < -0.39 is 0 Å². The van der Waals surface area contributed by atoms with Gasteiger partial charge in [-0.15, -0.1) is 0 Å². The van der Waals surface area contributed by atoms with E-state index in [0.29, 0.717) is 12.0 Å². The molecule has 0 bridgehead atoms. The smallest absolute Gasteiger partial charge is 0.0953 e. The molecule has 0 aliphatic carbocycles. The summed E-state index contributed by atoms with van der Waals surface area (Å²) in [6.07, 6.45) is 1.36. The van der Waals surface area contributed by atoms with Crippen LogP contribution in [0.25, 0.3) is 0 Å². The number of benzene rings is 1. The van der Waals surface area contributed by atoms with Gasteiger partial charge in [-0.3, -0.25) is 0 Å². The Kier molecular flexibility index (Phi) is 7.57. The largest absolute Gasteiger partial charge is 0.369 e. The van der Waals surface area contributed by atoms with Gasteiger partial charge >= 0.3 is 0 Å². The third kappa shape index (κ3) is 6.74. The van der Waals surface area contributed by atoms with Gasteiger partial charge in [0.25, 0.3) is 0 Å². The van der Waals surface area contributed by atoms with Gasteiger partial charge in [-0.05, 0) is 37.0 Å². The summed E-state index contributed by atoms with van der Waals surface area (Å²) in [7, 11) is 0. The van der Waals surface area contributed by atoms with Gasteiger partial charge in [0.1, 0.15) is 0 Å². The Morgan fingerprint density at radius 1 is 1.15 bits per heavy atom. The molecule has 2 unspecified atom stereocenters. The molecule has 0 aliphatic heterocycles. The molecule has 3 heteroatoms. The second-order valence-corrected chi connectivity index (χ2v) is 6.62. The van der Waals surface area contributed by atoms with Crippen molar-refractivity contribution in [2.24, 2.45) is 5.92 Å². The maximum absolute atomic E-state index is 6.23. The molecule has 20 heavy (non-hydrogen) atoms. The lowest BCUT2D eigenvalue weighted by molar-refractivity contribution is -0.0134. The Morgan fingerprint density at radius 3 is 2.40 bits per heavy atom. The second kappa shape index (κ2) is 8.66. The number of ether oxygens (including phenoxy) is 1. The highest BCUT2D eigenvalue weighted by atomic mass is 35.5. The van der Waals surface area contributed by atoms with Gasteiger partial charge in [-0.25, -0.2) is 0 Å². The van der Waals surface area contributed by atoms with E-state index in [4.69, 9.17) is 16.3 Å². The van der Waals surface area contributed by atoms with Crippen molar-refractivity contribution in [1.82, 2.24) is 5.32 Å². The van der Waals surface area contributed by atoms with Crippen molar-refractivity contribution in [2.75, 3.05) is 6.54 Å². The highest BCUT2D eigenvalue weighted by molar-refractivity contribution is 6.30. The summed E-state index contributed by atoms with van der Waals surface area (Å²) in [5.41, 5.74) is 1.14. The number of halogens is 1. The molecular formula is C17H28ClNO. The van der Waals surface area contributed by atoms with Crippen LogP contribution in [-0.4, -0.2) is 18.7 Å². The van der Waals surface area contributed by atoms with Crippen molar-refractivity contribution in [2.45, 2.75) is 59.3 Å². The van der Waals surface area contributed by atoms with Crippen molar-refractivity contribution >= 4 is 11.6 Å². The molecule has 2 atom stereocenters. The summed E-state index contributed by atoms with van der Waals surface area (Å²) in [6, 6.07) is 8.41. The van der Waals surface area contributed by atoms with Crippen molar-refractivity contribution in [3.05, 3.63) is 34.9 Å². The van der Waals surface area contributed by atoms with Crippen LogP contribution in [0.15, 0.2) is 24.3 Å². The standard InChI is InChI=1S/C17H28ClNO/c1-12(2)9-14(5)20-17(11-19-13(3)4)15-7-6-8-16(18)10-15/h6-8,10,12-14,17,19H,9,11H2,1-5H3. The van der Waals surface area contributed by atoms with Crippen molar-refractivity contribution < 1.29 is 4.74 Å². The first kappa shape index (κ1) is 17.5. The van der Waals surface area contributed by atoms with Gasteiger partial charge in [-0.1, -0.05) is 51.4 Å². The van der Waals surface area contributed by atoms with Gasteiger partial charge in [0.2, 0.25) is 0 Å². The molecule has 1 aromatic rings. The Hall–Kier alpha value is -0.570. The minimum absolute atomic E-state index is 0.0462. The number of nitrogens with one attached hydrogen (secondary N) is 1. The zero-order valence-electron chi connectivity index (χ0n) is 13.3. The third-order valence-corrected chi connectivity index (χ3v) is 3.37. The summed E-state index contributed by atoms with van der Waals surface area (Å²) in [6.45, 7) is 11.7. The molecule has 0 aromatic heterocycles. The second-order valence-electron chi connectivity index (χ2n) is 6.18. The van der Waals surface area contributed by atoms with Gasteiger partial charge in [0.05, 0.1) is 12.2 Å². The first-order valence-corrected chi connectivity index (χ1v) is 7.90. The summed E-state index contributed by atoms with van der Waals surface area (Å²) in [5.74, 6) is 0.642. The van der Waals surface area contributed by atoms with Gasteiger partial charge in [0.15, 0.2) is 0 Å². The van der Waals surface area contributed by atoms with Crippen LogP contribution in [0.2, 0.25) is 5.02 Å². The molecule has 0 fully saturated rings. The van der Waals surface area contributed by atoms with E-state index in [1.165, 1.54) is 0 Å². The maximum atomic E-state index is 6.23. The molecule has 0 spiro atoms. The van der Waals surface area contributed by atoms with E-state index in [1.807, 2.05) is 18.2 Å². The fourth-order valence-electron chi connectivity index (χ4n) is 2.29. The molecule has 0 saturated heterocycles. The minimum atomic E-state index is 0.0462. The van der Waals surface area contributed by atoms with Gasteiger partial charge in [-0.2, -0.15) is 0 Å². The Labute approximate surface area is 128 Å². The fraction of sp³-hybridized carbons (Fsp3) is 0.647. The van der Waals surface area contributed by atoms with Crippen LogP contribution in [0.5, 0.6) is 0 Å². The van der Waals surface area contributed by atoms with Gasteiger partial charge < -0.3 is 10.1 Å². The zero-order valence-corrected chi connectivity index (χ0v) is 14.1. The summed E-state index contributed by atoms with van der Waals surface area (Å²) in [5, 5.41) is 4.22. The molecule has 0 amide bonds. The lowest BCUT2D eigenvalue weighted by Gasteiger charge is -2.25. The Balaban J connectivity index is 2.74. The molecule has 2 nitrogen and oxygen atoms in total. The van der Waals surface area contributed by atoms with Crippen LogP contribution in [0, 0.1) is 5.92 Å². The lowest BCUT2D eigenvalue weighted by Crippen LogP contribution is -2.31. The quantitative estimate of drug-likeness (QED) is 0.742. The van der Waals surface area contributed by atoms with Crippen LogP contribution in [0.1, 0.15) is 52.7 Å². The summed E-state index contributed by atoms with van der Waals surface area (Å²) >= 11 is 6.10. The van der Waals surface area contributed by atoms with E-state index in [0.717, 1.165) is 23.6 Å². The average molecular weight is 298 g/mol. The predicted octanol–water partition coefficient (Wildman–Crippen LogP) is 4.83. The number of hydrogen-bond donors (Lipinski definition) is 1. The maximum Gasteiger partial charge on any atom is 0.0953 e. The van der Waals surface area contributed by atoms with Crippen LogP contribution in [-0.2, 0) is 4.74 Å². The summed E-state index contributed by atoms with van der Waals surface area (Å²) < 4.78 is 6.23. The molecule has 0 aliphatic rings. The van der Waals surface area contributed by atoms with Crippen LogP contribution in [0.4, 0.5) is 0 Å². The van der Waals surface area contributed by atoms with E-state index in [-0.39, 0.29) is 12.2 Å². The normalized spacial score (nSPS) is 14.8. The van der Waals surface area contributed by atoms with Crippen molar-refractivity contribution in [1.29, 1.82) is 0 Å². The third-order valence-electron chi connectivity index (χ3n) is 3.13. The highest BCUT2D eigenvalue weighted by Crippen LogP contribution is 2.23. The van der Waals surface area contributed by atoms with E-state index in [9.17, 15) is 0 Å². The monoisotopic (exact) mass is 297 g/mol. The average Bonchev–Trinajstić information content (AvgIpc) is 2.33. The SMILES string of the molecule is CC(C)CC(C)OC(CNC(C)C)c1cccc(Cl)c1. The molecule has 0 saturated carbocycles. The topological polar surface area (TPSA) is 21.3 Å². The molecule has 1 aromatic carbocycles. The minimum Gasteiger partial charge on any atom is -0.369 e. The fourth-order valence-corrected chi connectivity index (χ4v) is 2.49.